The van der Waals surface area contributed by atoms with E-state index in [2.05, 4.69) is 10.6 Å². The third-order valence-corrected chi connectivity index (χ3v) is 3.62. The summed E-state index contributed by atoms with van der Waals surface area (Å²) in [7, 11) is 0. The molecule has 0 spiro atoms. The van der Waals surface area contributed by atoms with Gasteiger partial charge in [0.05, 0.1) is 0 Å². The number of nitrogens with one attached hydrogen (secondary N) is 2. The van der Waals surface area contributed by atoms with Crippen molar-refractivity contribution in [2.24, 2.45) is 0 Å². The summed E-state index contributed by atoms with van der Waals surface area (Å²) in [5.74, 6) is 0.186. The molecule has 1 saturated heterocycles. The van der Waals surface area contributed by atoms with Crippen molar-refractivity contribution in [1.82, 2.24) is 5.32 Å². The molecule has 1 aliphatic heterocycles. The second-order valence-corrected chi connectivity index (χ2v) is 7.12. The minimum absolute atomic E-state index is 0.0526. The molecule has 0 bridgehead atoms. The Bertz CT molecular complexity index is 578. The van der Waals surface area contributed by atoms with Crippen LogP contribution in [0.5, 0.6) is 0 Å². The fourth-order valence-electron chi connectivity index (χ4n) is 2.54. The van der Waals surface area contributed by atoms with Crippen molar-refractivity contribution < 1.29 is 14.3 Å². The van der Waals surface area contributed by atoms with Crippen LogP contribution in [0, 0.1) is 0 Å². The summed E-state index contributed by atoms with van der Waals surface area (Å²) in [6, 6.07) is 7.84. The van der Waals surface area contributed by atoms with Crippen LogP contribution >= 0.6 is 0 Å². The average Bonchev–Trinajstić information content (AvgIpc) is 2.90. The summed E-state index contributed by atoms with van der Waals surface area (Å²) in [4.78, 5) is 25.2. The van der Waals surface area contributed by atoms with Gasteiger partial charge in [-0.25, -0.2) is 4.79 Å². The van der Waals surface area contributed by atoms with E-state index in [0.29, 0.717) is 13.0 Å². The first kappa shape index (κ1) is 18.1. The Labute approximate surface area is 143 Å². The number of carbonyl (C=O) groups is 2. The van der Waals surface area contributed by atoms with E-state index in [1.165, 1.54) is 0 Å². The number of carbonyl (C=O) groups excluding carboxylic acids is 2. The van der Waals surface area contributed by atoms with E-state index in [-0.39, 0.29) is 11.9 Å². The van der Waals surface area contributed by atoms with E-state index < -0.39 is 11.7 Å². The smallest absolute Gasteiger partial charge is 0.407 e. The maximum Gasteiger partial charge on any atom is 0.407 e. The van der Waals surface area contributed by atoms with Crippen molar-refractivity contribution in [2.75, 3.05) is 23.3 Å². The Morgan fingerprint density at radius 3 is 2.50 bits per heavy atom. The number of benzene rings is 1. The van der Waals surface area contributed by atoms with Crippen LogP contribution < -0.4 is 15.5 Å². The minimum Gasteiger partial charge on any atom is -0.444 e. The van der Waals surface area contributed by atoms with Gasteiger partial charge < -0.3 is 20.3 Å². The van der Waals surface area contributed by atoms with Crippen molar-refractivity contribution in [3.8, 4) is 0 Å². The molecule has 1 fully saturated rings. The number of hydrogen-bond acceptors (Lipinski definition) is 4. The highest BCUT2D eigenvalue weighted by Crippen LogP contribution is 2.23. The topological polar surface area (TPSA) is 70.7 Å². The van der Waals surface area contributed by atoms with Gasteiger partial charge in [0, 0.05) is 36.9 Å². The molecule has 6 nitrogen and oxygen atoms in total. The predicted octanol–water partition coefficient (Wildman–Crippen LogP) is 3.14. The summed E-state index contributed by atoms with van der Waals surface area (Å²) < 4.78 is 5.21. The van der Waals surface area contributed by atoms with E-state index in [1.807, 2.05) is 56.9 Å². The third-order valence-electron chi connectivity index (χ3n) is 3.62. The van der Waals surface area contributed by atoms with Gasteiger partial charge in [-0.3, -0.25) is 4.79 Å². The van der Waals surface area contributed by atoms with Crippen LogP contribution in [-0.2, 0) is 9.53 Å². The van der Waals surface area contributed by atoms with E-state index in [0.717, 1.165) is 24.3 Å². The van der Waals surface area contributed by atoms with Crippen molar-refractivity contribution in [1.29, 1.82) is 0 Å². The summed E-state index contributed by atoms with van der Waals surface area (Å²) in [5, 5.41) is 6.06. The van der Waals surface area contributed by atoms with E-state index in [1.54, 1.807) is 0 Å². The molecule has 2 amide bonds. The zero-order valence-electron chi connectivity index (χ0n) is 14.9. The normalized spacial score (nSPS) is 16.0. The number of ether oxygens (including phenoxy) is 1. The fourth-order valence-corrected chi connectivity index (χ4v) is 2.54. The maximum absolute atomic E-state index is 11.7. The molecule has 1 aromatic rings. The molecule has 2 rings (SSSR count). The van der Waals surface area contributed by atoms with Gasteiger partial charge in [0.15, 0.2) is 0 Å². The minimum atomic E-state index is -0.496. The van der Waals surface area contributed by atoms with Gasteiger partial charge >= 0.3 is 6.09 Å². The van der Waals surface area contributed by atoms with Crippen LogP contribution in [0.4, 0.5) is 16.2 Å². The van der Waals surface area contributed by atoms with E-state index >= 15 is 0 Å². The lowest BCUT2D eigenvalue weighted by atomic mass is 10.2. The van der Waals surface area contributed by atoms with Crippen molar-refractivity contribution in [2.45, 2.75) is 52.2 Å². The van der Waals surface area contributed by atoms with Crippen LogP contribution in [0.2, 0.25) is 0 Å². The molecule has 132 valence electrons. The van der Waals surface area contributed by atoms with Gasteiger partial charge in [-0.1, -0.05) is 0 Å². The highest BCUT2D eigenvalue weighted by atomic mass is 16.6. The SMILES string of the molecule is CC(CNC(=O)OC(C)(C)C)Nc1ccc(N2CCCC2=O)cc1. The quantitative estimate of drug-likeness (QED) is 0.868. The van der Waals surface area contributed by atoms with Crippen molar-refractivity contribution in [3.63, 3.8) is 0 Å². The van der Waals surface area contributed by atoms with Gasteiger partial charge in [-0.2, -0.15) is 0 Å². The zero-order valence-corrected chi connectivity index (χ0v) is 14.9. The Hall–Kier alpha value is -2.24. The molecule has 0 saturated carbocycles. The molecule has 6 heteroatoms. The van der Waals surface area contributed by atoms with Crippen LogP contribution in [0.1, 0.15) is 40.5 Å². The van der Waals surface area contributed by atoms with Crippen LogP contribution in [0.3, 0.4) is 0 Å². The van der Waals surface area contributed by atoms with Crippen LogP contribution in [0.15, 0.2) is 24.3 Å². The number of alkyl carbamates (subject to hydrolysis) is 1. The maximum atomic E-state index is 11.7. The van der Waals surface area contributed by atoms with Gasteiger partial charge in [-0.15, -0.1) is 0 Å². The Balaban J connectivity index is 1.80. The molecule has 1 aliphatic rings. The predicted molar refractivity (Wildman–Crippen MR) is 95.4 cm³/mol. The van der Waals surface area contributed by atoms with Gasteiger partial charge in [-0.05, 0) is 58.4 Å². The molecule has 1 heterocycles. The molecule has 0 aliphatic carbocycles. The van der Waals surface area contributed by atoms with Crippen LogP contribution in [0.25, 0.3) is 0 Å². The molecule has 1 atom stereocenters. The number of rotatable bonds is 5. The molecule has 0 aromatic heterocycles. The lowest BCUT2D eigenvalue weighted by molar-refractivity contribution is -0.117. The second kappa shape index (κ2) is 7.55. The first-order valence-electron chi connectivity index (χ1n) is 8.38. The Kier molecular flexibility index (Phi) is 5.70. The van der Waals surface area contributed by atoms with Crippen molar-refractivity contribution in [3.05, 3.63) is 24.3 Å². The molecular formula is C18H27N3O3. The van der Waals surface area contributed by atoms with Crippen molar-refractivity contribution >= 4 is 23.4 Å². The average molecular weight is 333 g/mol. The lowest BCUT2D eigenvalue weighted by Gasteiger charge is -2.22. The van der Waals surface area contributed by atoms with Gasteiger partial charge in [0.25, 0.3) is 0 Å². The van der Waals surface area contributed by atoms with E-state index in [4.69, 9.17) is 4.74 Å². The summed E-state index contributed by atoms with van der Waals surface area (Å²) in [6.07, 6.45) is 1.14. The Morgan fingerprint density at radius 2 is 1.96 bits per heavy atom. The molecule has 2 N–H and O–H groups in total. The first-order chi connectivity index (χ1) is 11.2. The first-order valence-corrected chi connectivity index (χ1v) is 8.38. The van der Waals surface area contributed by atoms with Gasteiger partial charge in [0.1, 0.15) is 5.60 Å². The van der Waals surface area contributed by atoms with E-state index in [9.17, 15) is 9.59 Å². The standard InChI is InChI=1S/C18H27N3O3/c1-13(12-19-17(23)24-18(2,3)4)20-14-7-9-15(10-8-14)21-11-5-6-16(21)22/h7-10,13,20H,5-6,11-12H2,1-4H3,(H,19,23). The third kappa shape index (κ3) is 5.44. The van der Waals surface area contributed by atoms with Gasteiger partial charge in [0.2, 0.25) is 5.91 Å². The number of nitrogens with zero attached hydrogens (tertiary/aromatic N) is 1. The molecule has 1 aromatic carbocycles. The highest BCUT2D eigenvalue weighted by molar-refractivity contribution is 5.95. The molecule has 1 unspecified atom stereocenters. The Morgan fingerprint density at radius 1 is 1.29 bits per heavy atom. The largest absolute Gasteiger partial charge is 0.444 e. The number of anilines is 2. The summed E-state index contributed by atoms with van der Waals surface area (Å²) in [5.41, 5.74) is 1.38. The monoisotopic (exact) mass is 333 g/mol. The van der Waals surface area contributed by atoms with Crippen LogP contribution in [-0.4, -0.2) is 36.7 Å². The summed E-state index contributed by atoms with van der Waals surface area (Å²) >= 11 is 0. The molecular weight excluding hydrogens is 306 g/mol. The molecule has 0 radical (unpaired) electrons. The lowest BCUT2D eigenvalue weighted by Crippen LogP contribution is -2.38. The molecule has 24 heavy (non-hydrogen) atoms. The second-order valence-electron chi connectivity index (χ2n) is 7.12. The highest BCUT2D eigenvalue weighted by Gasteiger charge is 2.21. The fraction of sp³-hybridized carbons (Fsp3) is 0.556. The zero-order chi connectivity index (χ0) is 17.7. The number of hydrogen-bond donors (Lipinski definition) is 2. The summed E-state index contributed by atoms with van der Waals surface area (Å²) in [6.45, 7) is 8.74. The number of amides is 2.